The summed E-state index contributed by atoms with van der Waals surface area (Å²) in [6, 6.07) is 6.29. The van der Waals surface area contributed by atoms with Crippen molar-refractivity contribution in [3.05, 3.63) is 43.2 Å². The van der Waals surface area contributed by atoms with Gasteiger partial charge in [0.05, 0.1) is 16.9 Å². The number of rotatable bonds is 5. The number of halogens is 1. The third-order valence-electron chi connectivity index (χ3n) is 2.40. The van der Waals surface area contributed by atoms with E-state index in [0.717, 1.165) is 22.8 Å². The van der Waals surface area contributed by atoms with Crippen molar-refractivity contribution >= 4 is 44.6 Å². The van der Waals surface area contributed by atoms with Gasteiger partial charge in [-0.3, -0.25) is 0 Å². The lowest BCUT2D eigenvalue weighted by Crippen LogP contribution is -2.36. The van der Waals surface area contributed by atoms with Crippen molar-refractivity contribution < 1.29 is 0 Å². The quantitative estimate of drug-likeness (QED) is 0.630. The fourth-order valence-electron chi connectivity index (χ4n) is 1.51. The Hall–Kier alpha value is -0.850. The molecular formula is C13H16BrN3S2. The number of thiophene rings is 2. The second-order valence-electron chi connectivity index (χ2n) is 3.89. The van der Waals surface area contributed by atoms with Gasteiger partial charge in [0, 0.05) is 11.4 Å². The summed E-state index contributed by atoms with van der Waals surface area (Å²) < 4.78 is 1.16. The first-order chi connectivity index (χ1) is 9.28. The Morgan fingerprint density at radius 2 is 2.21 bits per heavy atom. The van der Waals surface area contributed by atoms with Crippen LogP contribution in [0.2, 0.25) is 0 Å². The Labute approximate surface area is 129 Å². The summed E-state index contributed by atoms with van der Waals surface area (Å²) in [7, 11) is 0. The SMILES string of the molecule is CCNC(=NCc1ccsc1)NCc1ccc(Br)s1. The molecule has 6 heteroatoms. The van der Waals surface area contributed by atoms with Gasteiger partial charge in [-0.1, -0.05) is 0 Å². The first kappa shape index (κ1) is 14.6. The summed E-state index contributed by atoms with van der Waals surface area (Å²) in [5, 5.41) is 10.8. The topological polar surface area (TPSA) is 36.4 Å². The molecule has 0 saturated heterocycles. The van der Waals surface area contributed by atoms with Gasteiger partial charge in [0.1, 0.15) is 0 Å². The van der Waals surface area contributed by atoms with E-state index in [4.69, 9.17) is 0 Å². The van der Waals surface area contributed by atoms with Crippen LogP contribution in [0.4, 0.5) is 0 Å². The van der Waals surface area contributed by atoms with Crippen LogP contribution in [0.25, 0.3) is 0 Å². The maximum absolute atomic E-state index is 4.57. The van der Waals surface area contributed by atoms with Gasteiger partial charge in [0.15, 0.2) is 5.96 Å². The average molecular weight is 358 g/mol. The zero-order valence-electron chi connectivity index (χ0n) is 10.6. The molecule has 0 aliphatic carbocycles. The summed E-state index contributed by atoms with van der Waals surface area (Å²) in [5.74, 6) is 0.859. The Morgan fingerprint density at radius 1 is 1.32 bits per heavy atom. The first-order valence-corrected chi connectivity index (χ1v) is 8.60. The number of guanidine groups is 1. The van der Waals surface area contributed by atoms with Crippen molar-refractivity contribution in [1.82, 2.24) is 10.6 Å². The predicted octanol–water partition coefficient (Wildman–Crippen LogP) is 3.83. The van der Waals surface area contributed by atoms with E-state index in [1.54, 1.807) is 22.7 Å². The van der Waals surface area contributed by atoms with E-state index in [9.17, 15) is 0 Å². The summed E-state index contributed by atoms with van der Waals surface area (Å²) in [6.45, 7) is 4.45. The van der Waals surface area contributed by atoms with Crippen molar-refractivity contribution in [1.29, 1.82) is 0 Å². The molecular weight excluding hydrogens is 342 g/mol. The Balaban J connectivity index is 1.89. The molecule has 102 valence electrons. The highest BCUT2D eigenvalue weighted by Crippen LogP contribution is 2.21. The van der Waals surface area contributed by atoms with Gasteiger partial charge in [-0.25, -0.2) is 4.99 Å². The zero-order valence-corrected chi connectivity index (χ0v) is 13.9. The van der Waals surface area contributed by atoms with Crippen LogP contribution in [0.15, 0.2) is 37.7 Å². The number of nitrogens with zero attached hydrogens (tertiary/aromatic N) is 1. The molecule has 2 N–H and O–H groups in total. The van der Waals surface area contributed by atoms with E-state index >= 15 is 0 Å². The third-order valence-corrected chi connectivity index (χ3v) is 4.76. The summed E-state index contributed by atoms with van der Waals surface area (Å²) in [4.78, 5) is 5.86. The van der Waals surface area contributed by atoms with E-state index in [1.165, 1.54) is 10.4 Å². The van der Waals surface area contributed by atoms with Gasteiger partial charge in [-0.15, -0.1) is 11.3 Å². The number of nitrogens with one attached hydrogen (secondary N) is 2. The predicted molar refractivity (Wildman–Crippen MR) is 88.0 cm³/mol. The van der Waals surface area contributed by atoms with E-state index in [-0.39, 0.29) is 0 Å². The maximum Gasteiger partial charge on any atom is 0.191 e. The number of hydrogen-bond donors (Lipinski definition) is 2. The van der Waals surface area contributed by atoms with Crippen LogP contribution in [0, 0.1) is 0 Å². The summed E-state index contributed by atoms with van der Waals surface area (Å²) >= 11 is 6.91. The fraction of sp³-hybridized carbons (Fsp3) is 0.308. The van der Waals surface area contributed by atoms with Gasteiger partial charge in [0.25, 0.3) is 0 Å². The normalized spacial score (nSPS) is 11.6. The highest BCUT2D eigenvalue weighted by molar-refractivity contribution is 9.11. The van der Waals surface area contributed by atoms with Crippen molar-refractivity contribution in [3.8, 4) is 0 Å². The molecule has 2 aromatic rings. The van der Waals surface area contributed by atoms with Gasteiger partial charge < -0.3 is 10.6 Å². The molecule has 0 aromatic carbocycles. The van der Waals surface area contributed by atoms with Crippen LogP contribution in [-0.4, -0.2) is 12.5 Å². The minimum atomic E-state index is 0.715. The number of hydrogen-bond acceptors (Lipinski definition) is 3. The lowest BCUT2D eigenvalue weighted by atomic mass is 10.3. The smallest absolute Gasteiger partial charge is 0.191 e. The van der Waals surface area contributed by atoms with Crippen molar-refractivity contribution in [2.45, 2.75) is 20.0 Å². The molecule has 0 spiro atoms. The van der Waals surface area contributed by atoms with Gasteiger partial charge in [0.2, 0.25) is 0 Å². The molecule has 0 aliphatic heterocycles. The Bertz CT molecular complexity index is 520. The molecule has 3 nitrogen and oxygen atoms in total. The number of aliphatic imine (C=N–C) groups is 1. The van der Waals surface area contributed by atoms with Crippen LogP contribution >= 0.6 is 38.6 Å². The van der Waals surface area contributed by atoms with Crippen LogP contribution in [0.5, 0.6) is 0 Å². The lowest BCUT2D eigenvalue weighted by Gasteiger charge is -2.10. The Kier molecular flexibility index (Phi) is 5.88. The van der Waals surface area contributed by atoms with Crippen molar-refractivity contribution in [3.63, 3.8) is 0 Å². The first-order valence-electron chi connectivity index (χ1n) is 6.05. The minimum absolute atomic E-state index is 0.715. The second-order valence-corrected chi connectivity index (χ2v) is 7.21. The standard InChI is InChI=1S/C13H16BrN3S2/c1-2-15-13(16-7-10-5-6-18-9-10)17-8-11-3-4-12(14)19-11/h3-6,9H,2,7-8H2,1H3,(H2,15,16,17). The van der Waals surface area contributed by atoms with Crippen LogP contribution in [-0.2, 0) is 13.1 Å². The van der Waals surface area contributed by atoms with Gasteiger partial charge in [-0.05, 0) is 57.4 Å². The zero-order chi connectivity index (χ0) is 13.5. The average Bonchev–Trinajstić information content (AvgIpc) is 3.04. The molecule has 2 heterocycles. The van der Waals surface area contributed by atoms with Crippen LogP contribution in [0.1, 0.15) is 17.4 Å². The molecule has 19 heavy (non-hydrogen) atoms. The van der Waals surface area contributed by atoms with Crippen LogP contribution < -0.4 is 10.6 Å². The molecule has 0 amide bonds. The molecule has 0 unspecified atom stereocenters. The maximum atomic E-state index is 4.57. The van der Waals surface area contributed by atoms with Crippen molar-refractivity contribution in [2.75, 3.05) is 6.54 Å². The largest absolute Gasteiger partial charge is 0.357 e. The highest BCUT2D eigenvalue weighted by atomic mass is 79.9. The monoisotopic (exact) mass is 357 g/mol. The Morgan fingerprint density at radius 3 is 2.84 bits per heavy atom. The van der Waals surface area contributed by atoms with E-state index < -0.39 is 0 Å². The summed E-state index contributed by atoms with van der Waals surface area (Å²) in [6.07, 6.45) is 0. The molecule has 0 aliphatic rings. The molecule has 0 fully saturated rings. The van der Waals surface area contributed by atoms with Crippen LogP contribution in [0.3, 0.4) is 0 Å². The minimum Gasteiger partial charge on any atom is -0.357 e. The molecule has 0 atom stereocenters. The highest BCUT2D eigenvalue weighted by Gasteiger charge is 2.01. The molecule has 0 bridgehead atoms. The van der Waals surface area contributed by atoms with E-state index in [0.29, 0.717) is 6.54 Å². The van der Waals surface area contributed by atoms with E-state index in [2.05, 4.69) is 67.4 Å². The second kappa shape index (κ2) is 7.67. The summed E-state index contributed by atoms with van der Waals surface area (Å²) in [5.41, 5.74) is 1.25. The lowest BCUT2D eigenvalue weighted by molar-refractivity contribution is 0.824. The molecule has 0 radical (unpaired) electrons. The van der Waals surface area contributed by atoms with E-state index in [1.807, 2.05) is 0 Å². The van der Waals surface area contributed by atoms with Gasteiger partial charge >= 0.3 is 0 Å². The van der Waals surface area contributed by atoms with Gasteiger partial charge in [-0.2, -0.15) is 11.3 Å². The molecule has 2 aromatic heterocycles. The molecule has 2 rings (SSSR count). The third kappa shape index (κ3) is 4.97. The fourth-order valence-corrected chi connectivity index (χ4v) is 3.60. The van der Waals surface area contributed by atoms with Crippen molar-refractivity contribution in [2.24, 2.45) is 4.99 Å². The molecule has 0 saturated carbocycles.